The number of ether oxygens (including phenoxy) is 2. The van der Waals surface area contributed by atoms with Crippen LogP contribution in [0.5, 0.6) is 0 Å². The summed E-state index contributed by atoms with van der Waals surface area (Å²) in [6.45, 7) is 12.4. The maximum absolute atomic E-state index is 12.1. The van der Waals surface area contributed by atoms with E-state index in [1.165, 1.54) is 37.7 Å². The van der Waals surface area contributed by atoms with Crippen LogP contribution in [0, 0.1) is 17.3 Å². The van der Waals surface area contributed by atoms with E-state index in [0.29, 0.717) is 16.9 Å². The Morgan fingerprint density at radius 2 is 1.97 bits per heavy atom. The summed E-state index contributed by atoms with van der Waals surface area (Å²) in [4.78, 5) is 12.1. The van der Waals surface area contributed by atoms with Crippen molar-refractivity contribution in [3.8, 4) is 0 Å². The molecular formula is C28H44O5. The molecular weight excluding hydrogens is 416 g/mol. The molecule has 3 aliphatic rings. The molecule has 5 atom stereocenters. The second-order valence-corrected chi connectivity index (χ2v) is 10.6. The third kappa shape index (κ3) is 5.80. The molecule has 0 saturated heterocycles. The van der Waals surface area contributed by atoms with Gasteiger partial charge in [0.15, 0.2) is 5.79 Å². The molecule has 0 spiro atoms. The molecule has 1 unspecified atom stereocenters. The van der Waals surface area contributed by atoms with Crippen LogP contribution >= 0.6 is 0 Å². The summed E-state index contributed by atoms with van der Waals surface area (Å²) < 4.78 is 11.0. The largest absolute Gasteiger partial charge is 0.461 e. The smallest absolute Gasteiger partial charge is 0.332 e. The molecule has 0 heterocycles. The number of carbonyl (C=O) groups excluding carboxylic acids is 1. The summed E-state index contributed by atoms with van der Waals surface area (Å²) in [5.74, 6) is -0.690. The van der Waals surface area contributed by atoms with Crippen molar-refractivity contribution in [2.24, 2.45) is 17.3 Å². The molecule has 3 aliphatic carbocycles. The number of esters is 1. The summed E-state index contributed by atoms with van der Waals surface area (Å²) in [7, 11) is 0. The van der Waals surface area contributed by atoms with E-state index in [0.717, 1.165) is 30.8 Å². The average molecular weight is 461 g/mol. The molecule has 0 bridgehead atoms. The minimum Gasteiger partial charge on any atom is -0.461 e. The van der Waals surface area contributed by atoms with Crippen LogP contribution in [0.4, 0.5) is 0 Å². The second kappa shape index (κ2) is 10.9. The van der Waals surface area contributed by atoms with Gasteiger partial charge in [-0.05, 0) is 73.3 Å². The Labute approximate surface area is 199 Å². The van der Waals surface area contributed by atoms with Gasteiger partial charge in [0, 0.05) is 12.8 Å². The van der Waals surface area contributed by atoms with E-state index in [9.17, 15) is 15.0 Å². The lowest BCUT2D eigenvalue weighted by molar-refractivity contribution is -0.226. The van der Waals surface area contributed by atoms with Gasteiger partial charge in [-0.1, -0.05) is 58.4 Å². The maximum atomic E-state index is 12.1. The number of rotatable bonds is 8. The van der Waals surface area contributed by atoms with Crippen molar-refractivity contribution in [1.29, 1.82) is 0 Å². The first-order chi connectivity index (χ1) is 15.7. The lowest BCUT2D eigenvalue weighted by atomic mass is 9.63. The number of allylic oxidation sites excluding steroid dienone is 3. The van der Waals surface area contributed by atoms with Crippen molar-refractivity contribution >= 4 is 5.97 Å². The van der Waals surface area contributed by atoms with Gasteiger partial charge in [0.2, 0.25) is 0 Å². The van der Waals surface area contributed by atoms with Crippen LogP contribution in [0.25, 0.3) is 0 Å². The van der Waals surface area contributed by atoms with Gasteiger partial charge in [-0.15, -0.1) is 0 Å². The molecule has 5 nitrogen and oxygen atoms in total. The molecule has 3 rings (SSSR count). The van der Waals surface area contributed by atoms with Crippen LogP contribution < -0.4 is 0 Å². The third-order valence-corrected chi connectivity index (χ3v) is 8.61. The van der Waals surface area contributed by atoms with Gasteiger partial charge in [0.05, 0.1) is 6.10 Å². The summed E-state index contributed by atoms with van der Waals surface area (Å²) in [5.41, 5.74) is 3.28. The molecule has 3 fully saturated rings. The average Bonchev–Trinajstić information content (AvgIpc) is 3.14. The van der Waals surface area contributed by atoms with E-state index in [-0.39, 0.29) is 25.6 Å². The zero-order chi connectivity index (χ0) is 24.2. The molecule has 186 valence electrons. The van der Waals surface area contributed by atoms with Crippen LogP contribution in [0.2, 0.25) is 0 Å². The predicted molar refractivity (Wildman–Crippen MR) is 130 cm³/mol. The quantitative estimate of drug-likeness (QED) is 0.363. The van der Waals surface area contributed by atoms with E-state index < -0.39 is 17.9 Å². The number of aliphatic hydroxyl groups is 2. The molecule has 33 heavy (non-hydrogen) atoms. The highest BCUT2D eigenvalue weighted by atomic mass is 16.6. The normalized spacial score (nSPS) is 37.1. The van der Waals surface area contributed by atoms with Gasteiger partial charge < -0.3 is 19.7 Å². The highest BCUT2D eigenvalue weighted by molar-refractivity contribution is 5.71. The second-order valence-electron chi connectivity index (χ2n) is 10.6. The van der Waals surface area contributed by atoms with Crippen molar-refractivity contribution in [2.75, 3.05) is 6.61 Å². The summed E-state index contributed by atoms with van der Waals surface area (Å²) in [6.07, 6.45) is 12.3. The molecule has 0 aromatic rings. The fraction of sp³-hybridized carbons (Fsp3) is 0.750. The van der Waals surface area contributed by atoms with Crippen LogP contribution in [-0.2, 0) is 14.3 Å². The minimum atomic E-state index is -1.61. The number of hydrogen-bond donors (Lipinski definition) is 2. The first kappa shape index (κ1) is 26.2. The standard InChI is InChI=1S/C28H44O5/c1-6-22-13-14-24-20(10-9-15-27(22,24)5)11-12-21-16-28(31,17-25(29)19(21)4)32-18-26(30)33-23(7-2)8-3/h11-12,22-25,29,31H,4,6-10,13-18H2,1-3,5H3/t22-,24-,25?,27+,28-/m0/s1. The number of hydrogen-bond acceptors (Lipinski definition) is 5. The van der Waals surface area contributed by atoms with Gasteiger partial charge in [-0.25, -0.2) is 4.79 Å². The number of aliphatic hydroxyl groups excluding tert-OH is 1. The van der Waals surface area contributed by atoms with E-state index in [4.69, 9.17) is 9.47 Å². The van der Waals surface area contributed by atoms with Gasteiger partial charge in [-0.3, -0.25) is 0 Å². The van der Waals surface area contributed by atoms with Crippen molar-refractivity contribution < 1.29 is 24.5 Å². The van der Waals surface area contributed by atoms with Gasteiger partial charge in [0.1, 0.15) is 12.7 Å². The van der Waals surface area contributed by atoms with Crippen LogP contribution in [0.3, 0.4) is 0 Å². The monoisotopic (exact) mass is 460 g/mol. The first-order valence-electron chi connectivity index (χ1n) is 13.0. The summed E-state index contributed by atoms with van der Waals surface area (Å²) >= 11 is 0. The Kier molecular flexibility index (Phi) is 8.63. The Morgan fingerprint density at radius 1 is 1.24 bits per heavy atom. The topological polar surface area (TPSA) is 76.0 Å². The zero-order valence-corrected chi connectivity index (χ0v) is 21.1. The SMILES string of the molecule is C=C1C(=CC=C2CCC[C@]3(C)[C@@H](CC)CC[C@@H]23)C[C@](O)(OCC(=O)OC(CC)CC)CC1O. The van der Waals surface area contributed by atoms with E-state index in [2.05, 4.69) is 26.5 Å². The van der Waals surface area contributed by atoms with E-state index in [1.807, 2.05) is 19.9 Å². The highest BCUT2D eigenvalue weighted by Gasteiger charge is 2.48. The van der Waals surface area contributed by atoms with Gasteiger partial charge in [0.25, 0.3) is 0 Å². The third-order valence-electron chi connectivity index (χ3n) is 8.61. The fourth-order valence-corrected chi connectivity index (χ4v) is 6.49. The van der Waals surface area contributed by atoms with Crippen molar-refractivity contribution in [1.82, 2.24) is 0 Å². The Bertz CT molecular complexity index is 779. The first-order valence-corrected chi connectivity index (χ1v) is 13.0. The van der Waals surface area contributed by atoms with Crippen molar-refractivity contribution in [2.45, 2.75) is 110 Å². The highest BCUT2D eigenvalue weighted by Crippen LogP contribution is 2.58. The molecule has 3 saturated carbocycles. The molecule has 0 aliphatic heterocycles. The molecule has 0 aromatic carbocycles. The van der Waals surface area contributed by atoms with Crippen LogP contribution in [-0.4, -0.2) is 40.8 Å². The van der Waals surface area contributed by atoms with Crippen LogP contribution in [0.1, 0.15) is 91.9 Å². The number of fused-ring (bicyclic) bond motifs is 1. The van der Waals surface area contributed by atoms with Crippen molar-refractivity contribution in [3.05, 3.63) is 35.5 Å². The lowest BCUT2D eigenvalue weighted by Crippen LogP contribution is -2.43. The molecule has 5 heteroatoms. The molecule has 0 radical (unpaired) electrons. The lowest BCUT2D eigenvalue weighted by Gasteiger charge is -2.42. The van der Waals surface area contributed by atoms with Crippen LogP contribution in [0.15, 0.2) is 35.5 Å². The number of carbonyl (C=O) groups is 1. The molecule has 2 N–H and O–H groups in total. The van der Waals surface area contributed by atoms with Gasteiger partial charge >= 0.3 is 5.97 Å². The Morgan fingerprint density at radius 3 is 2.64 bits per heavy atom. The van der Waals surface area contributed by atoms with E-state index >= 15 is 0 Å². The van der Waals surface area contributed by atoms with Gasteiger partial charge in [-0.2, -0.15) is 0 Å². The Hall–Kier alpha value is -1.43. The maximum Gasteiger partial charge on any atom is 0.332 e. The minimum absolute atomic E-state index is 0.00309. The van der Waals surface area contributed by atoms with Crippen molar-refractivity contribution in [3.63, 3.8) is 0 Å². The Balaban J connectivity index is 1.70. The summed E-state index contributed by atoms with van der Waals surface area (Å²) in [5, 5.41) is 21.6. The zero-order valence-electron chi connectivity index (χ0n) is 21.1. The summed E-state index contributed by atoms with van der Waals surface area (Å²) in [6, 6.07) is 0. The van der Waals surface area contributed by atoms with E-state index in [1.54, 1.807) is 0 Å². The molecule has 0 aromatic heterocycles. The fourth-order valence-electron chi connectivity index (χ4n) is 6.49. The predicted octanol–water partition coefficient (Wildman–Crippen LogP) is 5.61. The molecule has 0 amide bonds.